The third-order valence-corrected chi connectivity index (χ3v) is 7.33. The fourth-order valence-corrected chi connectivity index (χ4v) is 5.94. The molecule has 0 spiro atoms. The molecule has 23 heavy (non-hydrogen) atoms. The average Bonchev–Trinajstić information content (AvgIpc) is 2.73. The van der Waals surface area contributed by atoms with Gasteiger partial charge in [0.25, 0.3) is 0 Å². The standard InChI is InChI=1S/C19H24N2OS/c1-11-8-17-16(6-7-18(22)20-17)12(2)19(11)23-15-9-13-4-5-14(10-15)21(13)3/h6-8,13-15H,4-5,9-10H2,1-3H3,(H,20,22)/t13-,14+,15?. The molecule has 2 aliphatic heterocycles. The van der Waals surface area contributed by atoms with Crippen LogP contribution < -0.4 is 5.56 Å². The van der Waals surface area contributed by atoms with Crippen LogP contribution in [0, 0.1) is 13.8 Å². The lowest BCUT2D eigenvalue weighted by molar-refractivity contribution is 0.183. The van der Waals surface area contributed by atoms with Gasteiger partial charge in [0.1, 0.15) is 0 Å². The van der Waals surface area contributed by atoms with E-state index < -0.39 is 0 Å². The lowest BCUT2D eigenvalue weighted by Gasteiger charge is -2.36. The number of aromatic amines is 1. The van der Waals surface area contributed by atoms with Gasteiger partial charge in [-0.2, -0.15) is 0 Å². The van der Waals surface area contributed by atoms with Gasteiger partial charge in [0, 0.05) is 39.2 Å². The summed E-state index contributed by atoms with van der Waals surface area (Å²) in [6.45, 7) is 4.36. The molecule has 4 heteroatoms. The van der Waals surface area contributed by atoms with Crippen LogP contribution in [0.25, 0.3) is 10.9 Å². The lowest BCUT2D eigenvalue weighted by atomic mass is 10.0. The van der Waals surface area contributed by atoms with Gasteiger partial charge in [-0.25, -0.2) is 0 Å². The van der Waals surface area contributed by atoms with Crippen LogP contribution in [-0.4, -0.2) is 34.3 Å². The Hall–Kier alpha value is -1.26. The van der Waals surface area contributed by atoms with Crippen LogP contribution in [0.5, 0.6) is 0 Å². The molecule has 3 atom stereocenters. The van der Waals surface area contributed by atoms with Gasteiger partial charge in [-0.15, -0.1) is 11.8 Å². The third-order valence-electron chi connectivity index (χ3n) is 5.75. The van der Waals surface area contributed by atoms with E-state index in [0.717, 1.165) is 22.9 Å². The quantitative estimate of drug-likeness (QED) is 0.909. The van der Waals surface area contributed by atoms with E-state index in [9.17, 15) is 4.79 Å². The Morgan fingerprint density at radius 1 is 1.17 bits per heavy atom. The number of nitrogens with one attached hydrogen (secondary N) is 1. The molecule has 0 aliphatic carbocycles. The van der Waals surface area contributed by atoms with E-state index >= 15 is 0 Å². The van der Waals surface area contributed by atoms with Crippen LogP contribution in [0.4, 0.5) is 0 Å². The number of aryl methyl sites for hydroxylation is 2. The van der Waals surface area contributed by atoms with Crippen LogP contribution in [0.2, 0.25) is 0 Å². The fourth-order valence-electron chi connectivity index (χ4n) is 4.44. The number of hydrogen-bond acceptors (Lipinski definition) is 3. The molecule has 0 amide bonds. The van der Waals surface area contributed by atoms with Crippen molar-refractivity contribution < 1.29 is 0 Å². The molecular formula is C19H24N2OS. The van der Waals surface area contributed by atoms with E-state index in [0.29, 0.717) is 0 Å². The summed E-state index contributed by atoms with van der Waals surface area (Å²) in [6, 6.07) is 7.29. The van der Waals surface area contributed by atoms with Crippen molar-refractivity contribution in [1.82, 2.24) is 9.88 Å². The van der Waals surface area contributed by atoms with E-state index in [4.69, 9.17) is 0 Å². The maximum atomic E-state index is 11.6. The first-order chi connectivity index (χ1) is 11.0. The van der Waals surface area contributed by atoms with Gasteiger partial charge in [-0.05, 0) is 69.8 Å². The Morgan fingerprint density at radius 3 is 2.57 bits per heavy atom. The highest BCUT2D eigenvalue weighted by Gasteiger charge is 2.38. The molecule has 1 N–H and O–H groups in total. The first-order valence-electron chi connectivity index (χ1n) is 8.55. The summed E-state index contributed by atoms with van der Waals surface area (Å²) in [6.07, 6.45) is 5.35. The molecule has 2 bridgehead atoms. The molecule has 122 valence electrons. The van der Waals surface area contributed by atoms with Crippen molar-refractivity contribution in [2.75, 3.05) is 7.05 Å². The van der Waals surface area contributed by atoms with Gasteiger partial charge in [0.15, 0.2) is 0 Å². The van der Waals surface area contributed by atoms with Crippen molar-refractivity contribution in [2.24, 2.45) is 0 Å². The minimum Gasteiger partial charge on any atom is -0.322 e. The molecule has 2 aromatic rings. The van der Waals surface area contributed by atoms with Gasteiger partial charge in [-0.1, -0.05) is 0 Å². The predicted molar refractivity (Wildman–Crippen MR) is 97.5 cm³/mol. The second-order valence-corrected chi connectivity index (χ2v) is 8.50. The molecule has 0 saturated carbocycles. The number of thioether (sulfide) groups is 1. The highest BCUT2D eigenvalue weighted by molar-refractivity contribution is 8.00. The van der Waals surface area contributed by atoms with Crippen molar-refractivity contribution in [3.8, 4) is 0 Å². The summed E-state index contributed by atoms with van der Waals surface area (Å²) in [5.74, 6) is 0. The van der Waals surface area contributed by atoms with E-state index in [1.165, 1.54) is 47.1 Å². The average molecular weight is 328 g/mol. The second kappa shape index (κ2) is 5.67. The summed E-state index contributed by atoms with van der Waals surface area (Å²) in [5, 5.41) is 1.90. The minimum atomic E-state index is -0.0244. The normalized spacial score (nSPS) is 27.7. The summed E-state index contributed by atoms with van der Waals surface area (Å²) >= 11 is 2.07. The number of H-pyrrole nitrogens is 1. The number of piperidine rings is 1. The molecular weight excluding hydrogens is 304 g/mol. The maximum absolute atomic E-state index is 11.6. The highest BCUT2D eigenvalue weighted by atomic mass is 32.2. The second-order valence-electron chi connectivity index (χ2n) is 7.19. The number of rotatable bonds is 2. The topological polar surface area (TPSA) is 36.1 Å². The van der Waals surface area contributed by atoms with Crippen molar-refractivity contribution in [3.05, 3.63) is 39.7 Å². The molecule has 1 unspecified atom stereocenters. The van der Waals surface area contributed by atoms with E-state index in [1.54, 1.807) is 6.07 Å². The molecule has 3 nitrogen and oxygen atoms in total. The van der Waals surface area contributed by atoms with Crippen LogP contribution in [-0.2, 0) is 0 Å². The summed E-state index contributed by atoms with van der Waals surface area (Å²) in [4.78, 5) is 18.5. The van der Waals surface area contributed by atoms with Gasteiger partial charge >= 0.3 is 0 Å². The fraction of sp³-hybridized carbons (Fsp3) is 0.526. The van der Waals surface area contributed by atoms with Crippen molar-refractivity contribution >= 4 is 22.7 Å². The molecule has 0 radical (unpaired) electrons. The number of benzene rings is 1. The number of aromatic nitrogens is 1. The molecule has 2 aliphatic rings. The summed E-state index contributed by atoms with van der Waals surface area (Å²) in [7, 11) is 2.30. The first kappa shape index (κ1) is 15.3. The van der Waals surface area contributed by atoms with Crippen LogP contribution in [0.3, 0.4) is 0 Å². The van der Waals surface area contributed by atoms with Crippen molar-refractivity contribution in [1.29, 1.82) is 0 Å². The molecule has 3 heterocycles. The van der Waals surface area contributed by atoms with Gasteiger partial charge in [0.05, 0.1) is 0 Å². The Morgan fingerprint density at radius 2 is 1.87 bits per heavy atom. The number of nitrogens with zero attached hydrogens (tertiary/aromatic N) is 1. The smallest absolute Gasteiger partial charge is 0.248 e. The Bertz CT molecular complexity index is 799. The van der Waals surface area contributed by atoms with Crippen LogP contribution in [0.1, 0.15) is 36.8 Å². The number of pyridine rings is 1. The van der Waals surface area contributed by atoms with Crippen molar-refractivity contribution in [3.63, 3.8) is 0 Å². The molecule has 1 aromatic heterocycles. The molecule has 2 fully saturated rings. The molecule has 4 rings (SSSR count). The van der Waals surface area contributed by atoms with Gasteiger partial charge in [0.2, 0.25) is 5.56 Å². The van der Waals surface area contributed by atoms with Gasteiger partial charge < -0.3 is 9.88 Å². The Balaban J connectivity index is 1.67. The van der Waals surface area contributed by atoms with Crippen LogP contribution >= 0.6 is 11.8 Å². The monoisotopic (exact) mass is 328 g/mol. The zero-order valence-corrected chi connectivity index (χ0v) is 14.9. The molecule has 1 aromatic carbocycles. The maximum Gasteiger partial charge on any atom is 0.248 e. The summed E-state index contributed by atoms with van der Waals surface area (Å²) in [5.41, 5.74) is 3.53. The Kier molecular flexibility index (Phi) is 3.77. The predicted octanol–water partition coefficient (Wildman–Crippen LogP) is 3.86. The van der Waals surface area contributed by atoms with E-state index in [-0.39, 0.29) is 5.56 Å². The highest BCUT2D eigenvalue weighted by Crippen LogP contribution is 2.43. The molecule has 2 saturated heterocycles. The number of fused-ring (bicyclic) bond motifs is 3. The number of hydrogen-bond donors (Lipinski definition) is 1. The summed E-state index contributed by atoms with van der Waals surface area (Å²) < 4.78 is 0. The zero-order valence-electron chi connectivity index (χ0n) is 14.1. The van der Waals surface area contributed by atoms with Crippen molar-refractivity contribution in [2.45, 2.75) is 61.8 Å². The zero-order chi connectivity index (χ0) is 16.1. The SMILES string of the molecule is Cc1cc2[nH]c(=O)ccc2c(C)c1SC1C[C@H]2CC[C@@H](C1)N2C. The lowest BCUT2D eigenvalue weighted by Crippen LogP contribution is -2.40. The Labute approximate surface area is 141 Å². The van der Waals surface area contributed by atoms with E-state index in [2.05, 4.69) is 48.6 Å². The third kappa shape index (κ3) is 2.62. The largest absolute Gasteiger partial charge is 0.322 e. The van der Waals surface area contributed by atoms with E-state index in [1.807, 2.05) is 6.07 Å². The first-order valence-corrected chi connectivity index (χ1v) is 9.42. The minimum absolute atomic E-state index is 0.0244. The van der Waals surface area contributed by atoms with Gasteiger partial charge in [-0.3, -0.25) is 4.79 Å². The van der Waals surface area contributed by atoms with Crippen LogP contribution in [0.15, 0.2) is 27.9 Å².